The SMILES string of the molecule is CCC(c1ccc(O)cc1)C(O)C1=C(O)C=C(O)CC1=NP(=O)(O)O. The standard InChI is InChI=1S/C16H20NO7P/c1-2-12(9-3-5-10(18)6-4-9)16(21)15-13(17-25(22,23)24)7-11(19)8-14(15)20/h3-6,8,12,16,18-21H,2,7H2,1H3,(H2,22,23,24). The van der Waals surface area contributed by atoms with Crippen molar-refractivity contribution in [2.45, 2.75) is 31.8 Å². The molecule has 0 saturated carbocycles. The molecule has 0 amide bonds. The van der Waals surface area contributed by atoms with Gasteiger partial charge in [-0.2, -0.15) is 4.76 Å². The second kappa shape index (κ2) is 7.41. The fourth-order valence-corrected chi connectivity index (χ4v) is 3.33. The number of hydrogen-bond donors (Lipinski definition) is 6. The Kier molecular flexibility index (Phi) is 5.69. The molecule has 2 unspecified atom stereocenters. The summed E-state index contributed by atoms with van der Waals surface area (Å²) in [6.07, 6.45) is -0.167. The molecule has 9 heteroatoms. The Hall–Kier alpha value is -2.12. The smallest absolute Gasteiger partial charge is 0.448 e. The van der Waals surface area contributed by atoms with Crippen LogP contribution in [0.5, 0.6) is 5.75 Å². The number of nitrogens with zero attached hydrogens (tertiary/aromatic N) is 1. The number of rotatable bonds is 5. The highest BCUT2D eigenvalue weighted by atomic mass is 31.2. The van der Waals surface area contributed by atoms with Crippen molar-refractivity contribution in [1.29, 1.82) is 0 Å². The first-order valence-corrected chi connectivity index (χ1v) is 9.13. The van der Waals surface area contributed by atoms with Crippen LogP contribution in [0.25, 0.3) is 0 Å². The molecule has 8 nitrogen and oxygen atoms in total. The molecule has 1 aromatic rings. The van der Waals surface area contributed by atoms with Crippen molar-refractivity contribution in [3.63, 3.8) is 0 Å². The highest BCUT2D eigenvalue weighted by Crippen LogP contribution is 2.40. The van der Waals surface area contributed by atoms with Crippen molar-refractivity contribution in [3.05, 3.63) is 53.0 Å². The van der Waals surface area contributed by atoms with Crippen LogP contribution in [0.4, 0.5) is 0 Å². The van der Waals surface area contributed by atoms with Crippen LogP contribution in [0, 0.1) is 0 Å². The lowest BCUT2D eigenvalue weighted by molar-refractivity contribution is 0.175. The molecular formula is C16H20NO7P. The molecule has 6 N–H and O–H groups in total. The minimum Gasteiger partial charge on any atom is -0.512 e. The molecule has 1 aliphatic rings. The molecular weight excluding hydrogens is 349 g/mol. The fraction of sp³-hybridized carbons (Fsp3) is 0.312. The van der Waals surface area contributed by atoms with Gasteiger partial charge in [-0.05, 0) is 24.1 Å². The topological polar surface area (TPSA) is 151 Å². The Morgan fingerprint density at radius 2 is 1.76 bits per heavy atom. The zero-order valence-corrected chi connectivity index (χ0v) is 14.3. The van der Waals surface area contributed by atoms with Gasteiger partial charge in [-0.25, -0.2) is 4.57 Å². The summed E-state index contributed by atoms with van der Waals surface area (Å²) < 4.78 is 14.5. The first kappa shape index (κ1) is 19.2. The van der Waals surface area contributed by atoms with E-state index < -0.39 is 25.5 Å². The maximum atomic E-state index is 11.2. The van der Waals surface area contributed by atoms with E-state index >= 15 is 0 Å². The average molecular weight is 369 g/mol. The minimum atomic E-state index is -4.82. The van der Waals surface area contributed by atoms with Gasteiger partial charge in [0.15, 0.2) is 0 Å². The van der Waals surface area contributed by atoms with Crippen LogP contribution in [0.15, 0.2) is 52.2 Å². The van der Waals surface area contributed by atoms with Crippen LogP contribution in [-0.4, -0.2) is 42.0 Å². The molecule has 0 fully saturated rings. The lowest BCUT2D eigenvalue weighted by atomic mass is 9.83. The van der Waals surface area contributed by atoms with Gasteiger partial charge in [-0.1, -0.05) is 19.1 Å². The number of hydrogen-bond acceptors (Lipinski definition) is 5. The molecule has 1 aliphatic carbocycles. The Labute approximate surface area is 144 Å². The van der Waals surface area contributed by atoms with Crippen molar-refractivity contribution in [1.82, 2.24) is 0 Å². The van der Waals surface area contributed by atoms with Crippen LogP contribution in [-0.2, 0) is 4.57 Å². The molecule has 0 bridgehead atoms. The number of aliphatic hydroxyl groups is 3. The van der Waals surface area contributed by atoms with Crippen LogP contribution in [0.1, 0.15) is 31.2 Å². The van der Waals surface area contributed by atoms with Crippen molar-refractivity contribution < 1.29 is 34.8 Å². The largest absolute Gasteiger partial charge is 0.512 e. The zero-order chi connectivity index (χ0) is 18.8. The Morgan fingerprint density at radius 1 is 1.16 bits per heavy atom. The summed E-state index contributed by atoms with van der Waals surface area (Å²) in [4.78, 5) is 18.2. The number of benzene rings is 1. The third-order valence-electron chi connectivity index (χ3n) is 3.93. The maximum absolute atomic E-state index is 11.2. The summed E-state index contributed by atoms with van der Waals surface area (Å²) in [7, 11) is -4.82. The van der Waals surface area contributed by atoms with Gasteiger partial charge in [-0.15, -0.1) is 0 Å². The van der Waals surface area contributed by atoms with Gasteiger partial charge in [0.2, 0.25) is 0 Å². The third kappa shape index (κ3) is 4.70. The van der Waals surface area contributed by atoms with E-state index in [1.807, 2.05) is 0 Å². The average Bonchev–Trinajstić information content (AvgIpc) is 2.47. The molecule has 25 heavy (non-hydrogen) atoms. The lowest BCUT2D eigenvalue weighted by Gasteiger charge is -2.27. The van der Waals surface area contributed by atoms with Gasteiger partial charge in [0.1, 0.15) is 17.3 Å². The van der Waals surface area contributed by atoms with E-state index in [-0.39, 0.29) is 29.2 Å². The Bertz CT molecular complexity index is 776. The van der Waals surface area contributed by atoms with Crippen molar-refractivity contribution in [2.24, 2.45) is 4.76 Å². The molecule has 0 saturated heterocycles. The van der Waals surface area contributed by atoms with E-state index in [9.17, 15) is 25.0 Å². The van der Waals surface area contributed by atoms with Gasteiger partial charge >= 0.3 is 7.75 Å². The Balaban J connectivity index is 2.49. The molecule has 1 aromatic carbocycles. The predicted octanol–water partition coefficient (Wildman–Crippen LogP) is 2.44. The van der Waals surface area contributed by atoms with Crippen molar-refractivity contribution in [2.75, 3.05) is 0 Å². The van der Waals surface area contributed by atoms with Crippen molar-refractivity contribution in [3.8, 4) is 5.75 Å². The van der Waals surface area contributed by atoms with Gasteiger partial charge in [0, 0.05) is 24.0 Å². The van der Waals surface area contributed by atoms with E-state index in [1.54, 1.807) is 19.1 Å². The van der Waals surface area contributed by atoms with Crippen LogP contribution in [0.3, 0.4) is 0 Å². The summed E-state index contributed by atoms with van der Waals surface area (Å²) in [6, 6.07) is 6.13. The highest BCUT2D eigenvalue weighted by molar-refractivity contribution is 7.50. The van der Waals surface area contributed by atoms with E-state index in [0.29, 0.717) is 12.0 Å². The van der Waals surface area contributed by atoms with Crippen LogP contribution >= 0.6 is 7.75 Å². The van der Waals surface area contributed by atoms with Gasteiger partial charge in [0.25, 0.3) is 0 Å². The minimum absolute atomic E-state index is 0.0597. The van der Waals surface area contributed by atoms with Crippen LogP contribution < -0.4 is 0 Å². The maximum Gasteiger partial charge on any atom is 0.448 e. The fourth-order valence-electron chi connectivity index (χ4n) is 2.83. The van der Waals surface area contributed by atoms with Crippen molar-refractivity contribution >= 4 is 13.5 Å². The summed E-state index contributed by atoms with van der Waals surface area (Å²) in [5.74, 6) is -1.28. The van der Waals surface area contributed by atoms with E-state index in [4.69, 9.17) is 9.79 Å². The van der Waals surface area contributed by atoms with Crippen LogP contribution in [0.2, 0.25) is 0 Å². The number of phenolic OH excluding ortho intramolecular Hbond substituents is 1. The lowest BCUT2D eigenvalue weighted by Crippen LogP contribution is -2.28. The number of allylic oxidation sites excluding steroid dienone is 2. The molecule has 2 rings (SSSR count). The first-order valence-electron chi connectivity index (χ1n) is 7.57. The van der Waals surface area contributed by atoms with E-state index in [1.165, 1.54) is 12.1 Å². The molecule has 2 atom stereocenters. The molecule has 136 valence electrons. The van der Waals surface area contributed by atoms with Gasteiger partial charge in [0.05, 0.1) is 11.8 Å². The quantitative estimate of drug-likeness (QED) is 0.436. The second-order valence-corrected chi connectivity index (χ2v) is 6.95. The molecule has 0 heterocycles. The third-order valence-corrected chi connectivity index (χ3v) is 4.43. The van der Waals surface area contributed by atoms with Gasteiger partial charge < -0.3 is 30.2 Å². The summed E-state index contributed by atoms with van der Waals surface area (Å²) >= 11 is 0. The molecule has 0 aliphatic heterocycles. The zero-order valence-electron chi connectivity index (χ0n) is 13.4. The highest BCUT2D eigenvalue weighted by Gasteiger charge is 2.32. The number of phenols is 1. The number of aromatic hydroxyl groups is 1. The van der Waals surface area contributed by atoms with E-state index in [2.05, 4.69) is 4.76 Å². The normalized spacial score (nSPS) is 19.7. The van der Waals surface area contributed by atoms with E-state index in [0.717, 1.165) is 6.08 Å². The first-order chi connectivity index (χ1) is 11.6. The monoisotopic (exact) mass is 369 g/mol. The molecule has 0 aromatic heterocycles. The summed E-state index contributed by atoms with van der Waals surface area (Å²) in [6.45, 7) is 1.80. The second-order valence-electron chi connectivity index (χ2n) is 5.72. The summed E-state index contributed by atoms with van der Waals surface area (Å²) in [5, 5.41) is 39.9. The Morgan fingerprint density at radius 3 is 2.28 bits per heavy atom. The number of aliphatic hydroxyl groups excluding tert-OH is 3. The summed E-state index contributed by atoms with van der Waals surface area (Å²) in [5.41, 5.74) is 0.263. The predicted molar refractivity (Wildman–Crippen MR) is 91.6 cm³/mol. The van der Waals surface area contributed by atoms with Gasteiger partial charge in [-0.3, -0.25) is 0 Å². The molecule has 0 radical (unpaired) electrons. The molecule has 0 spiro atoms.